The third-order valence-electron chi connectivity index (χ3n) is 3.39. The Hall–Kier alpha value is -1.76. The van der Waals surface area contributed by atoms with Gasteiger partial charge in [0.05, 0.1) is 0 Å². The monoisotopic (exact) mass is 313 g/mol. The molecule has 0 radical (unpaired) electrons. The van der Waals surface area contributed by atoms with Gasteiger partial charge in [0.15, 0.2) is 21.3 Å². The fraction of sp³-hybridized carbons (Fsp3) is 0.500. The number of amides is 1. The van der Waals surface area contributed by atoms with Crippen molar-refractivity contribution in [3.8, 4) is 11.5 Å². The van der Waals surface area contributed by atoms with Crippen molar-refractivity contribution >= 4 is 15.7 Å². The summed E-state index contributed by atoms with van der Waals surface area (Å²) in [6, 6.07) is 5.44. The zero-order valence-electron chi connectivity index (χ0n) is 12.3. The molecule has 1 aliphatic rings. The summed E-state index contributed by atoms with van der Waals surface area (Å²) in [5, 5.41) is -1.04. The molecule has 21 heavy (non-hydrogen) atoms. The maximum atomic E-state index is 12.1. The number of rotatable bonds is 4. The SMILES string of the molecule is C[C@H](C(=O)N(C)Cc1ccc2c(c1)OCCO2)S(C)(=O)=O. The van der Waals surface area contributed by atoms with Gasteiger partial charge in [-0.3, -0.25) is 4.79 Å². The second kappa shape index (κ2) is 5.93. The minimum absolute atomic E-state index is 0.315. The summed E-state index contributed by atoms with van der Waals surface area (Å²) in [5.41, 5.74) is 0.857. The molecule has 1 aromatic rings. The van der Waals surface area contributed by atoms with Gasteiger partial charge >= 0.3 is 0 Å². The van der Waals surface area contributed by atoms with Crippen LogP contribution in [-0.4, -0.2) is 51.0 Å². The fourth-order valence-corrected chi connectivity index (χ4v) is 2.58. The van der Waals surface area contributed by atoms with E-state index in [-0.39, 0.29) is 0 Å². The standard InChI is InChI=1S/C14H19NO5S/c1-10(21(3,17)18)14(16)15(2)9-11-4-5-12-13(8-11)20-7-6-19-12/h4-5,8,10H,6-7,9H2,1-3H3/t10-/m1/s1. The zero-order valence-corrected chi connectivity index (χ0v) is 13.1. The Balaban J connectivity index is 2.09. The molecule has 0 N–H and O–H groups in total. The van der Waals surface area contributed by atoms with Crippen LogP contribution in [0.25, 0.3) is 0 Å². The number of benzene rings is 1. The Kier molecular flexibility index (Phi) is 4.41. The molecule has 0 fully saturated rings. The van der Waals surface area contributed by atoms with E-state index in [0.717, 1.165) is 11.8 Å². The Bertz CT molecular complexity index is 641. The van der Waals surface area contributed by atoms with Crippen LogP contribution in [0, 0.1) is 0 Å². The van der Waals surface area contributed by atoms with E-state index in [4.69, 9.17) is 9.47 Å². The van der Waals surface area contributed by atoms with E-state index >= 15 is 0 Å². The first kappa shape index (κ1) is 15.6. The van der Waals surface area contributed by atoms with Crippen LogP contribution in [0.1, 0.15) is 12.5 Å². The number of fused-ring (bicyclic) bond motifs is 1. The number of nitrogens with zero attached hydrogens (tertiary/aromatic N) is 1. The number of hydrogen-bond acceptors (Lipinski definition) is 5. The van der Waals surface area contributed by atoms with Crippen LogP contribution in [0.5, 0.6) is 11.5 Å². The molecule has 0 saturated carbocycles. The van der Waals surface area contributed by atoms with E-state index in [2.05, 4.69) is 0 Å². The van der Waals surface area contributed by atoms with Crippen LogP contribution < -0.4 is 9.47 Å². The number of carbonyl (C=O) groups excluding carboxylic acids is 1. The molecule has 116 valence electrons. The first-order valence-electron chi connectivity index (χ1n) is 6.61. The summed E-state index contributed by atoms with van der Waals surface area (Å²) in [7, 11) is -1.81. The molecule has 0 aliphatic carbocycles. The Morgan fingerprint density at radius 1 is 1.29 bits per heavy atom. The topological polar surface area (TPSA) is 72.9 Å². The van der Waals surface area contributed by atoms with Gasteiger partial charge in [0.1, 0.15) is 18.5 Å². The van der Waals surface area contributed by atoms with Gasteiger partial charge in [0.25, 0.3) is 0 Å². The van der Waals surface area contributed by atoms with Gasteiger partial charge in [0, 0.05) is 19.8 Å². The normalized spacial score (nSPS) is 15.4. The third-order valence-corrected chi connectivity index (χ3v) is 4.88. The van der Waals surface area contributed by atoms with E-state index in [1.54, 1.807) is 13.1 Å². The maximum absolute atomic E-state index is 12.1. The lowest BCUT2D eigenvalue weighted by Crippen LogP contribution is -2.38. The van der Waals surface area contributed by atoms with Crippen molar-refractivity contribution in [1.29, 1.82) is 0 Å². The van der Waals surface area contributed by atoms with Crippen molar-refractivity contribution < 1.29 is 22.7 Å². The number of ether oxygens (including phenoxy) is 2. The second-order valence-corrected chi connectivity index (χ2v) is 7.51. The lowest BCUT2D eigenvalue weighted by Gasteiger charge is -2.22. The molecule has 6 nitrogen and oxygen atoms in total. The van der Waals surface area contributed by atoms with Gasteiger partial charge in [-0.15, -0.1) is 0 Å². The van der Waals surface area contributed by atoms with Crippen molar-refractivity contribution in [2.75, 3.05) is 26.5 Å². The summed E-state index contributed by atoms with van der Waals surface area (Å²) in [6.45, 7) is 2.74. The van der Waals surface area contributed by atoms with Gasteiger partial charge in [-0.05, 0) is 24.6 Å². The second-order valence-electron chi connectivity index (χ2n) is 5.14. The van der Waals surface area contributed by atoms with Crippen LogP contribution in [0.3, 0.4) is 0 Å². The Labute approximate surface area is 124 Å². The minimum Gasteiger partial charge on any atom is -0.486 e. The molecule has 0 aromatic heterocycles. The van der Waals surface area contributed by atoms with Gasteiger partial charge in [-0.25, -0.2) is 8.42 Å². The van der Waals surface area contributed by atoms with Crippen LogP contribution in [0.4, 0.5) is 0 Å². The van der Waals surface area contributed by atoms with Crippen LogP contribution in [0.15, 0.2) is 18.2 Å². The average molecular weight is 313 g/mol. The lowest BCUT2D eigenvalue weighted by atomic mass is 10.2. The quantitative estimate of drug-likeness (QED) is 0.824. The molecule has 1 aliphatic heterocycles. The maximum Gasteiger partial charge on any atom is 0.240 e. The van der Waals surface area contributed by atoms with Crippen molar-refractivity contribution in [3.05, 3.63) is 23.8 Å². The van der Waals surface area contributed by atoms with Crippen LogP contribution >= 0.6 is 0 Å². The highest BCUT2D eigenvalue weighted by atomic mass is 32.2. The number of sulfone groups is 1. The summed E-state index contributed by atoms with van der Waals surface area (Å²) in [4.78, 5) is 13.5. The molecule has 7 heteroatoms. The predicted molar refractivity (Wildman–Crippen MR) is 78.2 cm³/mol. The highest BCUT2D eigenvalue weighted by Crippen LogP contribution is 2.31. The summed E-state index contributed by atoms with van der Waals surface area (Å²) < 4.78 is 33.8. The molecular weight excluding hydrogens is 294 g/mol. The molecule has 0 bridgehead atoms. The zero-order chi connectivity index (χ0) is 15.6. The largest absolute Gasteiger partial charge is 0.486 e. The number of carbonyl (C=O) groups is 1. The van der Waals surface area contributed by atoms with Gasteiger partial charge in [-0.1, -0.05) is 6.07 Å². The molecule has 0 saturated heterocycles. The van der Waals surface area contributed by atoms with Crippen molar-refractivity contribution in [1.82, 2.24) is 4.90 Å². The minimum atomic E-state index is -3.39. The first-order chi connectivity index (χ1) is 9.79. The van der Waals surface area contributed by atoms with Gasteiger partial charge in [0.2, 0.25) is 5.91 Å². The first-order valence-corrected chi connectivity index (χ1v) is 8.57. The van der Waals surface area contributed by atoms with Crippen LogP contribution in [0.2, 0.25) is 0 Å². The van der Waals surface area contributed by atoms with Gasteiger partial charge in [-0.2, -0.15) is 0 Å². The molecule has 1 heterocycles. The number of hydrogen-bond donors (Lipinski definition) is 0. The van der Waals surface area contributed by atoms with Crippen molar-refractivity contribution in [2.45, 2.75) is 18.7 Å². The molecule has 1 atom stereocenters. The Morgan fingerprint density at radius 2 is 1.90 bits per heavy atom. The van der Waals surface area contributed by atoms with Crippen LogP contribution in [-0.2, 0) is 21.2 Å². The van der Waals surface area contributed by atoms with Crippen molar-refractivity contribution in [2.24, 2.45) is 0 Å². The van der Waals surface area contributed by atoms with E-state index in [0.29, 0.717) is 31.3 Å². The summed E-state index contributed by atoms with van der Waals surface area (Å²) >= 11 is 0. The summed E-state index contributed by atoms with van der Waals surface area (Å²) in [5.74, 6) is 0.909. The molecule has 2 rings (SSSR count). The highest BCUT2D eigenvalue weighted by Gasteiger charge is 2.26. The third kappa shape index (κ3) is 3.66. The Morgan fingerprint density at radius 3 is 2.52 bits per heavy atom. The smallest absolute Gasteiger partial charge is 0.240 e. The van der Waals surface area contributed by atoms with E-state index in [1.165, 1.54) is 11.8 Å². The predicted octanol–water partition coefficient (Wildman–Crippen LogP) is 0.849. The lowest BCUT2D eigenvalue weighted by molar-refractivity contribution is -0.129. The van der Waals surface area contributed by atoms with E-state index < -0.39 is 21.0 Å². The molecule has 0 unspecified atom stereocenters. The van der Waals surface area contributed by atoms with Crippen molar-refractivity contribution in [3.63, 3.8) is 0 Å². The highest BCUT2D eigenvalue weighted by molar-refractivity contribution is 7.92. The molecule has 1 amide bonds. The van der Waals surface area contributed by atoms with Gasteiger partial charge < -0.3 is 14.4 Å². The molecule has 1 aromatic carbocycles. The fourth-order valence-electron chi connectivity index (χ4n) is 2.03. The average Bonchev–Trinajstić information content (AvgIpc) is 2.44. The van der Waals surface area contributed by atoms with E-state index in [9.17, 15) is 13.2 Å². The van der Waals surface area contributed by atoms with E-state index in [1.807, 2.05) is 12.1 Å². The molecular formula is C14H19NO5S. The summed E-state index contributed by atoms with van der Waals surface area (Å²) in [6.07, 6.45) is 1.06. The molecule has 0 spiro atoms.